The molecule has 0 aromatic heterocycles. The summed E-state index contributed by atoms with van der Waals surface area (Å²) in [5.41, 5.74) is 0. The maximum absolute atomic E-state index is 6.04. The summed E-state index contributed by atoms with van der Waals surface area (Å²) in [4.78, 5) is 2.35. The Morgan fingerprint density at radius 3 is 2.54 bits per heavy atom. The molecule has 2 rings (SSSR count). The van der Waals surface area contributed by atoms with Crippen molar-refractivity contribution in [2.75, 3.05) is 33.2 Å². The van der Waals surface area contributed by atoms with E-state index in [9.17, 15) is 0 Å². The molecule has 0 aromatic rings. The lowest BCUT2D eigenvalue weighted by molar-refractivity contribution is -0.0197. The first kappa shape index (κ1) is 9.44. The zero-order valence-corrected chi connectivity index (χ0v) is 8.46. The molecule has 0 saturated carbocycles. The standard InChI is InChI=1S/C10H20N2O/c1-12-7-4-10(8-12)13-9-2-5-11-6-3-9/h9-11H,2-8H2,1H3. The fraction of sp³-hybridized carbons (Fsp3) is 1.00. The van der Waals surface area contributed by atoms with Gasteiger partial charge in [0.2, 0.25) is 0 Å². The maximum atomic E-state index is 6.04. The molecule has 76 valence electrons. The van der Waals surface area contributed by atoms with Crippen LogP contribution in [0.5, 0.6) is 0 Å². The molecule has 1 atom stereocenters. The Bertz CT molecular complexity index is 154. The van der Waals surface area contributed by atoms with Crippen LogP contribution in [0.3, 0.4) is 0 Å². The number of piperidine rings is 1. The molecule has 3 nitrogen and oxygen atoms in total. The molecule has 13 heavy (non-hydrogen) atoms. The Balaban J connectivity index is 1.71. The van der Waals surface area contributed by atoms with Gasteiger partial charge in [0.25, 0.3) is 0 Å². The molecule has 2 saturated heterocycles. The molecule has 2 aliphatic rings. The fourth-order valence-corrected chi connectivity index (χ4v) is 2.21. The highest BCUT2D eigenvalue weighted by Gasteiger charge is 2.24. The van der Waals surface area contributed by atoms with Crippen molar-refractivity contribution < 1.29 is 4.74 Å². The van der Waals surface area contributed by atoms with Crippen molar-refractivity contribution in [1.82, 2.24) is 10.2 Å². The second-order valence-electron chi connectivity index (χ2n) is 4.26. The molecule has 0 radical (unpaired) electrons. The van der Waals surface area contributed by atoms with Gasteiger partial charge in [0.1, 0.15) is 0 Å². The van der Waals surface area contributed by atoms with E-state index >= 15 is 0 Å². The first-order valence-corrected chi connectivity index (χ1v) is 5.39. The van der Waals surface area contributed by atoms with Crippen LogP contribution < -0.4 is 5.32 Å². The number of ether oxygens (including phenoxy) is 1. The van der Waals surface area contributed by atoms with Crippen LogP contribution in [0, 0.1) is 0 Å². The number of hydrogen-bond acceptors (Lipinski definition) is 3. The van der Waals surface area contributed by atoms with Gasteiger partial charge in [-0.15, -0.1) is 0 Å². The van der Waals surface area contributed by atoms with E-state index in [4.69, 9.17) is 4.74 Å². The molecule has 2 fully saturated rings. The maximum Gasteiger partial charge on any atom is 0.0717 e. The Labute approximate surface area is 80.4 Å². The van der Waals surface area contributed by atoms with Crippen LogP contribution >= 0.6 is 0 Å². The monoisotopic (exact) mass is 184 g/mol. The molecule has 2 aliphatic heterocycles. The van der Waals surface area contributed by atoms with Gasteiger partial charge in [-0.05, 0) is 39.4 Å². The van der Waals surface area contributed by atoms with Crippen LogP contribution in [0.15, 0.2) is 0 Å². The first-order valence-electron chi connectivity index (χ1n) is 5.39. The van der Waals surface area contributed by atoms with Gasteiger partial charge in [-0.3, -0.25) is 0 Å². The number of nitrogens with one attached hydrogen (secondary N) is 1. The number of nitrogens with zero attached hydrogens (tertiary/aromatic N) is 1. The summed E-state index contributed by atoms with van der Waals surface area (Å²) in [6, 6.07) is 0. The summed E-state index contributed by atoms with van der Waals surface area (Å²) in [6.45, 7) is 4.60. The van der Waals surface area contributed by atoms with E-state index in [-0.39, 0.29) is 0 Å². The van der Waals surface area contributed by atoms with E-state index < -0.39 is 0 Å². The molecule has 0 bridgehead atoms. The minimum atomic E-state index is 0.507. The van der Waals surface area contributed by atoms with Gasteiger partial charge in [0.15, 0.2) is 0 Å². The average Bonchev–Trinajstić information content (AvgIpc) is 2.53. The summed E-state index contributed by atoms with van der Waals surface area (Å²) in [5.74, 6) is 0. The van der Waals surface area contributed by atoms with Gasteiger partial charge < -0.3 is 15.0 Å². The second-order valence-corrected chi connectivity index (χ2v) is 4.26. The quantitative estimate of drug-likeness (QED) is 0.675. The third kappa shape index (κ3) is 2.66. The number of likely N-dealkylation sites (N-methyl/N-ethyl adjacent to an activating group) is 1. The SMILES string of the molecule is CN1CCC(OC2CCNCC2)C1. The van der Waals surface area contributed by atoms with Gasteiger partial charge in [0.05, 0.1) is 12.2 Å². The highest BCUT2D eigenvalue weighted by Crippen LogP contribution is 2.16. The normalized spacial score (nSPS) is 32.5. The number of hydrogen-bond donors (Lipinski definition) is 1. The van der Waals surface area contributed by atoms with Crippen LogP contribution in [-0.4, -0.2) is 50.3 Å². The van der Waals surface area contributed by atoms with Crippen molar-refractivity contribution >= 4 is 0 Å². The van der Waals surface area contributed by atoms with Crippen LogP contribution in [0.25, 0.3) is 0 Å². The molecule has 2 heterocycles. The lowest BCUT2D eigenvalue weighted by atomic mass is 10.1. The van der Waals surface area contributed by atoms with E-state index in [1.165, 1.54) is 25.8 Å². The minimum absolute atomic E-state index is 0.507. The zero-order chi connectivity index (χ0) is 9.10. The third-order valence-electron chi connectivity index (χ3n) is 3.02. The van der Waals surface area contributed by atoms with Crippen molar-refractivity contribution in [1.29, 1.82) is 0 Å². The molecule has 0 aromatic carbocycles. The van der Waals surface area contributed by atoms with E-state index in [0.29, 0.717) is 12.2 Å². The number of rotatable bonds is 2. The first-order chi connectivity index (χ1) is 6.34. The van der Waals surface area contributed by atoms with Crippen LogP contribution in [0.2, 0.25) is 0 Å². The van der Waals surface area contributed by atoms with Crippen molar-refractivity contribution in [3.05, 3.63) is 0 Å². The predicted molar refractivity (Wildman–Crippen MR) is 52.9 cm³/mol. The van der Waals surface area contributed by atoms with E-state index in [2.05, 4.69) is 17.3 Å². The van der Waals surface area contributed by atoms with Gasteiger partial charge in [-0.25, -0.2) is 0 Å². The van der Waals surface area contributed by atoms with E-state index in [1.807, 2.05) is 0 Å². The summed E-state index contributed by atoms with van der Waals surface area (Å²) in [6.07, 6.45) is 4.65. The largest absolute Gasteiger partial charge is 0.374 e. The van der Waals surface area contributed by atoms with Gasteiger partial charge in [-0.1, -0.05) is 0 Å². The molecule has 0 spiro atoms. The molecule has 3 heteroatoms. The Hall–Kier alpha value is -0.120. The molecule has 0 amide bonds. The predicted octanol–water partition coefficient (Wildman–Crippen LogP) is 0.459. The second kappa shape index (κ2) is 4.40. The Kier molecular flexibility index (Phi) is 3.19. The van der Waals surface area contributed by atoms with Crippen molar-refractivity contribution in [2.24, 2.45) is 0 Å². The third-order valence-corrected chi connectivity index (χ3v) is 3.02. The highest BCUT2D eigenvalue weighted by atomic mass is 16.5. The molecule has 0 aliphatic carbocycles. The minimum Gasteiger partial charge on any atom is -0.374 e. The lowest BCUT2D eigenvalue weighted by Crippen LogP contribution is -2.35. The van der Waals surface area contributed by atoms with Gasteiger partial charge >= 0.3 is 0 Å². The Morgan fingerprint density at radius 2 is 1.92 bits per heavy atom. The van der Waals surface area contributed by atoms with Crippen molar-refractivity contribution in [2.45, 2.75) is 31.5 Å². The fourth-order valence-electron chi connectivity index (χ4n) is 2.21. The molecular formula is C10H20N2O. The van der Waals surface area contributed by atoms with E-state index in [1.54, 1.807) is 0 Å². The lowest BCUT2D eigenvalue weighted by Gasteiger charge is -2.26. The van der Waals surface area contributed by atoms with Crippen molar-refractivity contribution in [3.63, 3.8) is 0 Å². The zero-order valence-electron chi connectivity index (χ0n) is 8.46. The highest BCUT2D eigenvalue weighted by molar-refractivity contribution is 4.77. The smallest absolute Gasteiger partial charge is 0.0717 e. The molecular weight excluding hydrogens is 164 g/mol. The van der Waals surface area contributed by atoms with Gasteiger partial charge in [-0.2, -0.15) is 0 Å². The number of likely N-dealkylation sites (tertiary alicyclic amines) is 1. The summed E-state index contributed by atoms with van der Waals surface area (Å²) < 4.78 is 6.04. The summed E-state index contributed by atoms with van der Waals surface area (Å²) >= 11 is 0. The average molecular weight is 184 g/mol. The topological polar surface area (TPSA) is 24.5 Å². The van der Waals surface area contributed by atoms with Gasteiger partial charge in [0, 0.05) is 13.1 Å². The van der Waals surface area contributed by atoms with Crippen LogP contribution in [0.4, 0.5) is 0 Å². The summed E-state index contributed by atoms with van der Waals surface area (Å²) in [7, 11) is 2.17. The Morgan fingerprint density at radius 1 is 1.15 bits per heavy atom. The summed E-state index contributed by atoms with van der Waals surface area (Å²) in [5, 5.41) is 3.36. The van der Waals surface area contributed by atoms with Crippen LogP contribution in [-0.2, 0) is 4.74 Å². The molecule has 1 N–H and O–H groups in total. The van der Waals surface area contributed by atoms with E-state index in [0.717, 1.165) is 19.6 Å². The van der Waals surface area contributed by atoms with Crippen LogP contribution in [0.1, 0.15) is 19.3 Å². The van der Waals surface area contributed by atoms with Crippen molar-refractivity contribution in [3.8, 4) is 0 Å². The molecule has 1 unspecified atom stereocenters.